The van der Waals surface area contributed by atoms with Crippen LogP contribution in [0, 0.1) is 0 Å². The van der Waals surface area contributed by atoms with Crippen LogP contribution in [0.5, 0.6) is 0 Å². The Balaban J connectivity index is 1.91. The number of benzene rings is 2. The van der Waals surface area contributed by atoms with E-state index in [4.69, 9.17) is 11.6 Å². The Morgan fingerprint density at radius 3 is 2.25 bits per heavy atom. The van der Waals surface area contributed by atoms with Gasteiger partial charge in [0.05, 0.1) is 6.04 Å². The highest BCUT2D eigenvalue weighted by Gasteiger charge is 2.21. The first-order valence-corrected chi connectivity index (χ1v) is 10.9. The first-order valence-electron chi connectivity index (χ1n) is 10.5. The van der Waals surface area contributed by atoms with Crippen LogP contribution in [-0.2, 0) is 13.0 Å². The molecule has 2 amide bonds. The van der Waals surface area contributed by atoms with Gasteiger partial charge in [-0.3, -0.25) is 14.4 Å². The molecule has 0 bridgehead atoms. The Morgan fingerprint density at radius 1 is 0.969 bits per heavy atom. The number of hydrogen-bond acceptors (Lipinski definition) is 3. The lowest BCUT2D eigenvalue weighted by atomic mass is 10.1. The summed E-state index contributed by atoms with van der Waals surface area (Å²) in [6.45, 7) is 4.45. The topological polar surface area (TPSA) is 80.2 Å². The summed E-state index contributed by atoms with van der Waals surface area (Å²) in [5.41, 5.74) is 1.12. The number of nitrogens with one attached hydrogen (secondary N) is 2. The summed E-state index contributed by atoms with van der Waals surface area (Å²) in [6, 6.07) is 16.6. The van der Waals surface area contributed by atoms with Crippen molar-refractivity contribution in [1.29, 1.82) is 0 Å². The fraction of sp³-hybridized carbons (Fsp3) is 0.240. The molecule has 3 aromatic rings. The molecule has 1 aromatic heterocycles. The highest BCUT2D eigenvalue weighted by Crippen LogP contribution is 2.22. The number of carbonyl (C=O) groups is 2. The third-order valence-electron chi connectivity index (χ3n) is 5.13. The summed E-state index contributed by atoms with van der Waals surface area (Å²) >= 11 is 6.24. The Labute approximate surface area is 192 Å². The zero-order valence-corrected chi connectivity index (χ0v) is 18.9. The van der Waals surface area contributed by atoms with E-state index in [-0.39, 0.29) is 11.1 Å². The minimum atomic E-state index is -0.601. The molecule has 0 saturated heterocycles. The van der Waals surface area contributed by atoms with Gasteiger partial charge in [-0.2, -0.15) is 0 Å². The van der Waals surface area contributed by atoms with Crippen LogP contribution in [-0.4, -0.2) is 22.9 Å². The third-order valence-corrected chi connectivity index (χ3v) is 5.47. The van der Waals surface area contributed by atoms with Gasteiger partial charge in [-0.25, -0.2) is 0 Å². The highest BCUT2D eigenvalue weighted by molar-refractivity contribution is 6.31. The lowest BCUT2D eigenvalue weighted by Crippen LogP contribution is -2.36. The van der Waals surface area contributed by atoms with Crippen molar-refractivity contribution < 1.29 is 9.59 Å². The van der Waals surface area contributed by atoms with E-state index in [9.17, 15) is 14.4 Å². The Bertz CT molecular complexity index is 1160. The van der Waals surface area contributed by atoms with Crippen LogP contribution < -0.4 is 16.1 Å². The second kappa shape index (κ2) is 10.8. The average molecular weight is 452 g/mol. The van der Waals surface area contributed by atoms with E-state index < -0.39 is 23.3 Å². The van der Waals surface area contributed by atoms with Crippen molar-refractivity contribution in [3.63, 3.8) is 0 Å². The zero-order valence-electron chi connectivity index (χ0n) is 18.1. The van der Waals surface area contributed by atoms with Crippen molar-refractivity contribution >= 4 is 23.4 Å². The molecule has 1 heterocycles. The van der Waals surface area contributed by atoms with Crippen LogP contribution in [0.15, 0.2) is 71.8 Å². The van der Waals surface area contributed by atoms with E-state index in [2.05, 4.69) is 10.6 Å². The highest BCUT2D eigenvalue weighted by atomic mass is 35.5. The largest absolute Gasteiger partial charge is 0.352 e. The molecule has 0 aliphatic heterocycles. The fourth-order valence-electron chi connectivity index (χ4n) is 3.42. The molecule has 0 unspecified atom stereocenters. The molecule has 0 aliphatic carbocycles. The van der Waals surface area contributed by atoms with E-state index in [1.165, 1.54) is 12.4 Å². The smallest absolute Gasteiger partial charge is 0.257 e. The van der Waals surface area contributed by atoms with Gasteiger partial charge in [0.1, 0.15) is 11.1 Å². The molecule has 6 nitrogen and oxygen atoms in total. The maximum absolute atomic E-state index is 13.0. The molecule has 166 valence electrons. The van der Waals surface area contributed by atoms with Crippen molar-refractivity contribution in [1.82, 2.24) is 15.2 Å². The van der Waals surface area contributed by atoms with Gasteiger partial charge in [0.25, 0.3) is 11.8 Å². The van der Waals surface area contributed by atoms with Crippen LogP contribution in [0.2, 0.25) is 5.02 Å². The Kier molecular flexibility index (Phi) is 7.84. The average Bonchev–Trinajstić information content (AvgIpc) is 2.79. The van der Waals surface area contributed by atoms with Crippen molar-refractivity contribution in [2.75, 3.05) is 6.54 Å². The normalized spacial score (nSPS) is 11.6. The summed E-state index contributed by atoms with van der Waals surface area (Å²) in [6.07, 6.45) is 3.70. The van der Waals surface area contributed by atoms with Gasteiger partial charge in [-0.15, -0.1) is 0 Å². The monoisotopic (exact) mass is 451 g/mol. The van der Waals surface area contributed by atoms with Crippen LogP contribution in [0.25, 0.3) is 0 Å². The number of aromatic nitrogens is 1. The molecule has 0 radical (unpaired) electrons. The SMILES string of the molecule is CCNC(=O)c1cn(CCc2ccccc2)cc(C(=O)N[C@@H](C)c2ccccc2Cl)c1=O. The van der Waals surface area contributed by atoms with E-state index in [0.717, 1.165) is 11.1 Å². The van der Waals surface area contributed by atoms with E-state index in [0.29, 0.717) is 24.5 Å². The number of rotatable bonds is 8. The minimum Gasteiger partial charge on any atom is -0.352 e. The maximum atomic E-state index is 13.0. The Hall–Kier alpha value is -3.38. The number of amides is 2. The summed E-state index contributed by atoms with van der Waals surface area (Å²) < 4.78 is 1.72. The van der Waals surface area contributed by atoms with Crippen molar-refractivity contribution in [3.05, 3.63) is 104 Å². The summed E-state index contributed by atoms with van der Waals surface area (Å²) in [5, 5.41) is 5.99. The molecule has 0 aliphatic rings. The number of carbonyl (C=O) groups excluding carboxylic acids is 2. The van der Waals surface area contributed by atoms with Crippen molar-refractivity contribution in [3.8, 4) is 0 Å². The molecule has 1 atom stereocenters. The molecule has 2 N–H and O–H groups in total. The standard InChI is InChI=1S/C25H26ClN3O3/c1-3-27-24(31)20-15-29(14-13-18-9-5-4-6-10-18)16-21(23(20)30)25(32)28-17(2)19-11-7-8-12-22(19)26/h4-12,15-17H,3,13-14H2,1-2H3,(H,27,31)(H,28,32)/t17-/m0/s1. The summed E-state index contributed by atoms with van der Waals surface area (Å²) in [5.74, 6) is -1.05. The zero-order chi connectivity index (χ0) is 23.1. The second-order valence-electron chi connectivity index (χ2n) is 7.46. The third kappa shape index (κ3) is 5.65. The van der Waals surface area contributed by atoms with Crippen molar-refractivity contribution in [2.24, 2.45) is 0 Å². The molecule has 0 saturated carbocycles. The Morgan fingerprint density at radius 2 is 1.59 bits per heavy atom. The molecule has 7 heteroatoms. The number of nitrogens with zero attached hydrogens (tertiary/aromatic N) is 1. The van der Waals surface area contributed by atoms with Gasteiger partial charge in [-0.05, 0) is 37.5 Å². The number of aryl methyl sites for hydroxylation is 2. The van der Waals surface area contributed by atoms with Crippen LogP contribution in [0.4, 0.5) is 0 Å². The quantitative estimate of drug-likeness (QED) is 0.543. The van der Waals surface area contributed by atoms with Gasteiger partial charge in [-0.1, -0.05) is 60.1 Å². The second-order valence-corrected chi connectivity index (χ2v) is 7.87. The van der Waals surface area contributed by atoms with Gasteiger partial charge < -0.3 is 15.2 Å². The molecular weight excluding hydrogens is 426 g/mol. The molecule has 0 spiro atoms. The van der Waals surface area contributed by atoms with Gasteiger partial charge >= 0.3 is 0 Å². The van der Waals surface area contributed by atoms with Crippen molar-refractivity contribution in [2.45, 2.75) is 32.9 Å². The van der Waals surface area contributed by atoms with E-state index in [1.807, 2.05) is 48.5 Å². The fourth-order valence-corrected chi connectivity index (χ4v) is 3.72. The van der Waals surface area contributed by atoms with E-state index in [1.54, 1.807) is 24.5 Å². The number of halogens is 1. The van der Waals surface area contributed by atoms with E-state index >= 15 is 0 Å². The van der Waals surface area contributed by atoms with Gasteiger partial charge in [0.2, 0.25) is 5.43 Å². The lowest BCUT2D eigenvalue weighted by molar-refractivity contribution is 0.0938. The molecule has 32 heavy (non-hydrogen) atoms. The minimum absolute atomic E-state index is 0.0574. The first-order chi connectivity index (χ1) is 15.4. The first kappa shape index (κ1) is 23.3. The molecular formula is C25H26ClN3O3. The lowest BCUT2D eigenvalue weighted by Gasteiger charge is -2.17. The molecule has 3 rings (SSSR count). The van der Waals surface area contributed by atoms with Crippen LogP contribution in [0.1, 0.15) is 51.7 Å². The molecule has 0 fully saturated rings. The van der Waals surface area contributed by atoms with Crippen LogP contribution in [0.3, 0.4) is 0 Å². The predicted octanol–water partition coefficient (Wildman–Crippen LogP) is 3.99. The maximum Gasteiger partial charge on any atom is 0.257 e. The van der Waals surface area contributed by atoms with Crippen LogP contribution >= 0.6 is 11.6 Å². The number of pyridine rings is 1. The predicted molar refractivity (Wildman–Crippen MR) is 126 cm³/mol. The summed E-state index contributed by atoms with van der Waals surface area (Å²) in [7, 11) is 0. The van der Waals surface area contributed by atoms with Gasteiger partial charge in [0.15, 0.2) is 0 Å². The molecule has 2 aromatic carbocycles. The summed E-state index contributed by atoms with van der Waals surface area (Å²) in [4.78, 5) is 38.5. The number of hydrogen-bond donors (Lipinski definition) is 2. The van der Waals surface area contributed by atoms with Gasteiger partial charge in [0, 0.05) is 30.5 Å².